The summed E-state index contributed by atoms with van der Waals surface area (Å²) in [7, 11) is 0. The fraction of sp³-hybridized carbons (Fsp3) is 0.148. The van der Waals surface area contributed by atoms with E-state index in [0.29, 0.717) is 5.56 Å². The number of aryl methyl sites for hydroxylation is 1. The number of hydrogen-bond acceptors (Lipinski definition) is 1. The van der Waals surface area contributed by atoms with Gasteiger partial charge in [0.05, 0.1) is 5.56 Å². The van der Waals surface area contributed by atoms with E-state index in [1.54, 1.807) is 24.3 Å². The van der Waals surface area contributed by atoms with Crippen LogP contribution in [0.5, 0.6) is 0 Å². The first-order valence-corrected chi connectivity index (χ1v) is 9.64. The van der Waals surface area contributed by atoms with Crippen LogP contribution in [0.1, 0.15) is 57.6 Å². The van der Waals surface area contributed by atoms with Gasteiger partial charge in [-0.05, 0) is 53.5 Å². The summed E-state index contributed by atoms with van der Waals surface area (Å²) in [4.78, 5) is 11.4. The van der Waals surface area contributed by atoms with Crippen LogP contribution in [0.3, 0.4) is 0 Å². The minimum Gasteiger partial charge on any atom is -0.478 e. The maximum atomic E-state index is 11.4. The van der Waals surface area contributed by atoms with E-state index in [0.717, 1.165) is 5.56 Å². The third-order valence-corrected chi connectivity index (χ3v) is 5.37. The lowest BCUT2D eigenvalue weighted by molar-refractivity contribution is 0.0696. The molecule has 0 amide bonds. The van der Waals surface area contributed by atoms with Crippen molar-refractivity contribution >= 4 is 11.5 Å². The van der Waals surface area contributed by atoms with Crippen LogP contribution in [0.25, 0.3) is 5.57 Å². The summed E-state index contributed by atoms with van der Waals surface area (Å²) >= 11 is 0. The van der Waals surface area contributed by atoms with Gasteiger partial charge in [-0.25, -0.2) is 4.79 Å². The van der Waals surface area contributed by atoms with Crippen molar-refractivity contribution in [3.8, 4) is 11.8 Å². The first-order valence-electron chi connectivity index (χ1n) is 9.64. The molecule has 0 spiro atoms. The highest BCUT2D eigenvalue weighted by molar-refractivity contribution is 5.91. The zero-order valence-electron chi connectivity index (χ0n) is 16.8. The third-order valence-electron chi connectivity index (χ3n) is 5.37. The van der Waals surface area contributed by atoms with E-state index in [-0.39, 0.29) is 11.0 Å². The minimum atomic E-state index is -0.963. The highest BCUT2D eigenvalue weighted by Gasteiger charge is 2.30. The van der Waals surface area contributed by atoms with Gasteiger partial charge in [-0.15, -0.1) is 0 Å². The van der Waals surface area contributed by atoms with Gasteiger partial charge in [-0.2, -0.15) is 0 Å². The molecule has 4 rings (SSSR count). The van der Waals surface area contributed by atoms with Crippen LogP contribution >= 0.6 is 0 Å². The van der Waals surface area contributed by atoms with Crippen molar-refractivity contribution in [2.24, 2.45) is 0 Å². The van der Waals surface area contributed by atoms with Crippen molar-refractivity contribution in [3.05, 3.63) is 112 Å². The van der Waals surface area contributed by atoms with E-state index in [1.165, 1.54) is 27.8 Å². The van der Waals surface area contributed by atoms with Gasteiger partial charge in [0.15, 0.2) is 0 Å². The summed E-state index contributed by atoms with van der Waals surface area (Å²) in [5.41, 5.74) is 7.71. The molecule has 3 aromatic carbocycles. The Morgan fingerprint density at radius 1 is 0.931 bits per heavy atom. The van der Waals surface area contributed by atoms with Crippen molar-refractivity contribution in [2.45, 2.75) is 26.2 Å². The first-order chi connectivity index (χ1) is 13.8. The van der Waals surface area contributed by atoms with E-state index in [2.05, 4.69) is 75.1 Å². The summed E-state index contributed by atoms with van der Waals surface area (Å²) in [6, 6.07) is 21.7. The summed E-state index contributed by atoms with van der Waals surface area (Å²) in [5, 5.41) is 9.35. The highest BCUT2D eigenvalue weighted by atomic mass is 16.4. The Bertz CT molecular complexity index is 1200. The second kappa shape index (κ2) is 7.11. The van der Waals surface area contributed by atoms with E-state index < -0.39 is 5.97 Å². The zero-order chi connectivity index (χ0) is 20.6. The topological polar surface area (TPSA) is 37.3 Å². The molecular weight excluding hydrogens is 356 g/mol. The molecule has 0 saturated heterocycles. The number of carboxylic acids is 1. The van der Waals surface area contributed by atoms with E-state index in [4.69, 9.17) is 0 Å². The lowest BCUT2D eigenvalue weighted by Crippen LogP contribution is -2.10. The molecule has 29 heavy (non-hydrogen) atoms. The largest absolute Gasteiger partial charge is 0.478 e. The molecule has 0 atom stereocenters. The van der Waals surface area contributed by atoms with Gasteiger partial charge >= 0.3 is 5.97 Å². The maximum Gasteiger partial charge on any atom is 0.336 e. The molecule has 2 nitrogen and oxygen atoms in total. The number of carboxylic acid groups (broad SMARTS) is 1. The first kappa shape index (κ1) is 18.8. The van der Waals surface area contributed by atoms with Crippen molar-refractivity contribution in [2.75, 3.05) is 0 Å². The smallest absolute Gasteiger partial charge is 0.336 e. The predicted octanol–water partition coefficient (Wildman–Crippen LogP) is 5.82. The van der Waals surface area contributed by atoms with Gasteiger partial charge in [-0.1, -0.05) is 79.8 Å². The monoisotopic (exact) mass is 378 g/mol. The molecule has 0 aliphatic heterocycles. The Morgan fingerprint density at radius 3 is 2.38 bits per heavy atom. The molecule has 0 radical (unpaired) electrons. The van der Waals surface area contributed by atoms with Gasteiger partial charge in [-0.3, -0.25) is 0 Å². The van der Waals surface area contributed by atoms with E-state index in [9.17, 15) is 9.90 Å². The summed E-state index contributed by atoms with van der Waals surface area (Å²) in [6.07, 6.45) is 2.32. The maximum absolute atomic E-state index is 11.4. The van der Waals surface area contributed by atoms with Crippen molar-refractivity contribution in [3.63, 3.8) is 0 Å². The zero-order valence-corrected chi connectivity index (χ0v) is 16.8. The summed E-state index contributed by atoms with van der Waals surface area (Å²) in [6.45, 7) is 6.54. The Labute approximate surface area is 171 Å². The molecule has 2 heteroatoms. The minimum absolute atomic E-state index is 0.0442. The van der Waals surface area contributed by atoms with Crippen LogP contribution in [-0.2, 0) is 5.41 Å². The quantitative estimate of drug-likeness (QED) is 0.571. The van der Waals surface area contributed by atoms with E-state index in [1.807, 2.05) is 6.07 Å². The van der Waals surface area contributed by atoms with Crippen LogP contribution < -0.4 is 0 Å². The van der Waals surface area contributed by atoms with Crippen LogP contribution in [0, 0.1) is 18.8 Å². The molecule has 0 fully saturated rings. The second-order valence-corrected chi connectivity index (χ2v) is 8.01. The Hall–Kier alpha value is -3.57. The number of aromatic carboxylic acids is 1. The third kappa shape index (κ3) is 3.60. The average molecular weight is 378 g/mol. The lowest BCUT2D eigenvalue weighted by atomic mass is 9.86. The standard InChI is InChI=1S/C27H22O2/c1-18-8-12-21(13-9-18)24-17-27(2,3)25-15-11-19(16-23(24)25)10-14-20-6-4-5-7-22(20)26(28)29/h4-9,11-13,15-17H,1-3H3,(H,28,29). The normalized spacial score (nSPS) is 13.8. The molecule has 0 saturated carbocycles. The van der Waals surface area contributed by atoms with Gasteiger partial charge in [0, 0.05) is 16.5 Å². The summed E-state index contributed by atoms with van der Waals surface area (Å²) < 4.78 is 0. The molecule has 0 heterocycles. The molecule has 0 unspecified atom stereocenters. The predicted molar refractivity (Wildman–Crippen MR) is 117 cm³/mol. The van der Waals surface area contributed by atoms with Gasteiger partial charge in [0.25, 0.3) is 0 Å². The van der Waals surface area contributed by atoms with Crippen LogP contribution in [0.2, 0.25) is 0 Å². The number of carbonyl (C=O) groups is 1. The molecule has 142 valence electrons. The number of fused-ring (bicyclic) bond motifs is 1. The number of rotatable bonds is 2. The molecule has 0 bridgehead atoms. The number of hydrogen-bond donors (Lipinski definition) is 1. The van der Waals surface area contributed by atoms with Crippen molar-refractivity contribution in [1.82, 2.24) is 0 Å². The molecule has 1 aliphatic rings. The van der Waals surface area contributed by atoms with Crippen molar-refractivity contribution < 1.29 is 9.90 Å². The molecule has 0 aromatic heterocycles. The molecular formula is C27H22O2. The SMILES string of the molecule is Cc1ccc(C2=CC(C)(C)c3ccc(C#Cc4ccccc4C(=O)O)cc32)cc1. The Balaban J connectivity index is 1.77. The Morgan fingerprint density at radius 2 is 1.66 bits per heavy atom. The fourth-order valence-electron chi connectivity index (χ4n) is 3.81. The second-order valence-electron chi connectivity index (χ2n) is 8.01. The lowest BCUT2D eigenvalue weighted by Gasteiger charge is -2.17. The number of allylic oxidation sites excluding steroid dienone is 1. The molecule has 1 N–H and O–H groups in total. The highest BCUT2D eigenvalue weighted by Crippen LogP contribution is 2.43. The fourth-order valence-corrected chi connectivity index (χ4v) is 3.81. The van der Waals surface area contributed by atoms with Crippen LogP contribution in [0.4, 0.5) is 0 Å². The van der Waals surface area contributed by atoms with Gasteiger partial charge < -0.3 is 5.11 Å². The summed E-state index contributed by atoms with van der Waals surface area (Å²) in [5.74, 6) is 5.23. The van der Waals surface area contributed by atoms with Crippen LogP contribution in [0.15, 0.2) is 72.8 Å². The van der Waals surface area contributed by atoms with Gasteiger partial charge in [0.2, 0.25) is 0 Å². The van der Waals surface area contributed by atoms with E-state index >= 15 is 0 Å². The van der Waals surface area contributed by atoms with Gasteiger partial charge in [0.1, 0.15) is 0 Å². The Kier molecular flexibility index (Phi) is 4.60. The average Bonchev–Trinajstić information content (AvgIpc) is 2.97. The molecule has 1 aliphatic carbocycles. The molecule has 3 aromatic rings. The van der Waals surface area contributed by atoms with Crippen molar-refractivity contribution in [1.29, 1.82) is 0 Å². The number of benzene rings is 3. The van der Waals surface area contributed by atoms with Crippen LogP contribution in [-0.4, -0.2) is 11.1 Å².